The Bertz CT molecular complexity index is 256. The van der Waals surface area contributed by atoms with Crippen molar-refractivity contribution in [3.63, 3.8) is 0 Å². The second kappa shape index (κ2) is 4.37. The monoisotopic (exact) mass is 184 g/mol. The van der Waals surface area contributed by atoms with Gasteiger partial charge < -0.3 is 9.63 Å². The van der Waals surface area contributed by atoms with E-state index in [1.165, 1.54) is 0 Å². The van der Waals surface area contributed by atoms with Crippen molar-refractivity contribution >= 4 is 0 Å². The van der Waals surface area contributed by atoms with Crippen molar-refractivity contribution in [1.29, 1.82) is 0 Å². The fourth-order valence-corrected chi connectivity index (χ4v) is 0.956. The van der Waals surface area contributed by atoms with Gasteiger partial charge in [0.1, 0.15) is 6.10 Å². The molecule has 74 valence electrons. The highest BCUT2D eigenvalue weighted by Crippen LogP contribution is 2.11. The Morgan fingerprint density at radius 1 is 1.38 bits per heavy atom. The molecular formula is C9H16N2O2. The first-order chi connectivity index (χ1) is 6.09. The minimum Gasteiger partial charge on any atom is -0.384 e. The molecule has 0 unspecified atom stereocenters. The first kappa shape index (κ1) is 10.2. The predicted octanol–water partition coefficient (Wildman–Crippen LogP) is 1.71. The summed E-state index contributed by atoms with van der Waals surface area (Å²) in [5, 5.41) is 12.9. The van der Waals surface area contributed by atoms with Crippen LogP contribution in [0, 0.1) is 5.92 Å². The molecule has 0 aliphatic rings. The summed E-state index contributed by atoms with van der Waals surface area (Å²) in [6.07, 6.45) is 1.19. The highest BCUT2D eigenvalue weighted by molar-refractivity contribution is 4.88. The molecule has 1 aromatic heterocycles. The van der Waals surface area contributed by atoms with Crippen LogP contribution in [0.2, 0.25) is 0 Å². The Morgan fingerprint density at radius 2 is 2.08 bits per heavy atom. The Balaban J connectivity index is 2.49. The topological polar surface area (TPSA) is 59.2 Å². The molecule has 0 saturated heterocycles. The van der Waals surface area contributed by atoms with Crippen LogP contribution in [-0.4, -0.2) is 15.2 Å². The highest BCUT2D eigenvalue weighted by Gasteiger charge is 2.10. The van der Waals surface area contributed by atoms with Gasteiger partial charge >= 0.3 is 0 Å². The quantitative estimate of drug-likeness (QED) is 0.773. The Labute approximate surface area is 78.0 Å². The molecule has 0 saturated carbocycles. The number of hydrogen-bond donors (Lipinski definition) is 1. The largest absolute Gasteiger partial charge is 0.384 e. The maximum atomic E-state index is 9.12. The summed E-state index contributed by atoms with van der Waals surface area (Å²) < 4.78 is 4.85. The molecule has 1 heterocycles. The van der Waals surface area contributed by atoms with E-state index in [2.05, 4.69) is 24.0 Å². The molecule has 1 aromatic rings. The lowest BCUT2D eigenvalue weighted by molar-refractivity contribution is 0.151. The molecule has 1 rings (SSSR count). The zero-order chi connectivity index (χ0) is 9.84. The minimum absolute atomic E-state index is 0.304. The van der Waals surface area contributed by atoms with Crippen LogP contribution >= 0.6 is 0 Å². The summed E-state index contributed by atoms with van der Waals surface area (Å²) in [5.74, 6) is 1.62. The molecule has 1 N–H and O–H groups in total. The van der Waals surface area contributed by atoms with Crippen LogP contribution in [0.15, 0.2) is 4.52 Å². The molecule has 13 heavy (non-hydrogen) atoms. The number of nitrogens with zero attached hydrogens (tertiary/aromatic N) is 2. The van der Waals surface area contributed by atoms with E-state index in [0.717, 1.165) is 12.8 Å². The molecule has 0 aliphatic carbocycles. The Hall–Kier alpha value is -0.900. The van der Waals surface area contributed by atoms with Crippen molar-refractivity contribution in [2.75, 3.05) is 0 Å². The zero-order valence-electron chi connectivity index (χ0n) is 8.32. The standard InChI is InChI=1S/C9H16N2O2/c1-6(2)4-5-8-10-9(7(3)12)13-11-8/h6-7,12H,4-5H2,1-3H3/t7-/m0/s1. The van der Waals surface area contributed by atoms with E-state index >= 15 is 0 Å². The van der Waals surface area contributed by atoms with Gasteiger partial charge in [0.25, 0.3) is 5.89 Å². The van der Waals surface area contributed by atoms with Gasteiger partial charge in [0.05, 0.1) is 0 Å². The van der Waals surface area contributed by atoms with Crippen LogP contribution < -0.4 is 0 Å². The first-order valence-corrected chi connectivity index (χ1v) is 4.60. The van der Waals surface area contributed by atoms with Gasteiger partial charge in [0.15, 0.2) is 5.82 Å². The molecule has 0 radical (unpaired) electrons. The van der Waals surface area contributed by atoms with Crippen LogP contribution in [0.1, 0.15) is 45.0 Å². The fourth-order valence-electron chi connectivity index (χ4n) is 0.956. The zero-order valence-corrected chi connectivity index (χ0v) is 8.32. The summed E-state index contributed by atoms with van der Waals surface area (Å²) in [4.78, 5) is 4.05. The molecule has 4 heteroatoms. The van der Waals surface area contributed by atoms with E-state index < -0.39 is 6.10 Å². The molecular weight excluding hydrogens is 168 g/mol. The van der Waals surface area contributed by atoms with Gasteiger partial charge in [-0.15, -0.1) is 0 Å². The van der Waals surface area contributed by atoms with Crippen molar-refractivity contribution in [1.82, 2.24) is 10.1 Å². The summed E-state index contributed by atoms with van der Waals surface area (Å²) in [6.45, 7) is 5.91. The minimum atomic E-state index is -0.666. The van der Waals surface area contributed by atoms with E-state index in [1.54, 1.807) is 6.92 Å². The normalized spacial score (nSPS) is 13.6. The number of aliphatic hydroxyl groups excluding tert-OH is 1. The third-order valence-electron chi connectivity index (χ3n) is 1.79. The smallest absolute Gasteiger partial charge is 0.255 e. The summed E-state index contributed by atoms with van der Waals surface area (Å²) in [6, 6.07) is 0. The third kappa shape index (κ3) is 3.14. The average molecular weight is 184 g/mol. The van der Waals surface area contributed by atoms with E-state index in [4.69, 9.17) is 9.63 Å². The SMILES string of the molecule is CC(C)CCc1noc([C@H](C)O)n1. The molecule has 0 spiro atoms. The molecule has 4 nitrogen and oxygen atoms in total. The van der Waals surface area contributed by atoms with Gasteiger partial charge in [-0.3, -0.25) is 0 Å². The fraction of sp³-hybridized carbons (Fsp3) is 0.778. The lowest BCUT2D eigenvalue weighted by Crippen LogP contribution is -1.95. The number of hydrogen-bond acceptors (Lipinski definition) is 4. The lowest BCUT2D eigenvalue weighted by Gasteiger charge is -1.98. The third-order valence-corrected chi connectivity index (χ3v) is 1.79. The number of rotatable bonds is 4. The van der Waals surface area contributed by atoms with Crippen LogP contribution in [0.3, 0.4) is 0 Å². The van der Waals surface area contributed by atoms with E-state index in [9.17, 15) is 0 Å². The van der Waals surface area contributed by atoms with Gasteiger partial charge in [-0.05, 0) is 19.3 Å². The van der Waals surface area contributed by atoms with E-state index in [0.29, 0.717) is 17.6 Å². The number of aromatic nitrogens is 2. The highest BCUT2D eigenvalue weighted by atomic mass is 16.5. The maximum Gasteiger partial charge on any atom is 0.255 e. The van der Waals surface area contributed by atoms with Gasteiger partial charge in [-0.1, -0.05) is 19.0 Å². The van der Waals surface area contributed by atoms with Gasteiger partial charge in [-0.25, -0.2) is 0 Å². The Kier molecular flexibility index (Phi) is 3.42. The number of aryl methyl sites for hydroxylation is 1. The average Bonchev–Trinajstić information content (AvgIpc) is 2.48. The summed E-state index contributed by atoms with van der Waals surface area (Å²) in [7, 11) is 0. The van der Waals surface area contributed by atoms with Crippen LogP contribution in [0.4, 0.5) is 0 Å². The van der Waals surface area contributed by atoms with Crippen molar-refractivity contribution in [2.24, 2.45) is 5.92 Å². The second-order valence-corrected chi connectivity index (χ2v) is 3.66. The lowest BCUT2D eigenvalue weighted by atomic mass is 10.1. The van der Waals surface area contributed by atoms with Gasteiger partial charge in [0, 0.05) is 6.42 Å². The predicted molar refractivity (Wildman–Crippen MR) is 48.1 cm³/mol. The van der Waals surface area contributed by atoms with Crippen molar-refractivity contribution in [3.8, 4) is 0 Å². The molecule has 0 aliphatic heterocycles. The van der Waals surface area contributed by atoms with Gasteiger partial charge in [-0.2, -0.15) is 4.98 Å². The first-order valence-electron chi connectivity index (χ1n) is 4.60. The van der Waals surface area contributed by atoms with Crippen LogP contribution in [0.25, 0.3) is 0 Å². The Morgan fingerprint density at radius 3 is 2.54 bits per heavy atom. The van der Waals surface area contributed by atoms with Crippen LogP contribution in [-0.2, 0) is 6.42 Å². The molecule has 0 fully saturated rings. The molecule has 1 atom stereocenters. The molecule has 0 amide bonds. The second-order valence-electron chi connectivity index (χ2n) is 3.66. The maximum absolute atomic E-state index is 9.12. The van der Waals surface area contributed by atoms with Crippen molar-refractivity contribution < 1.29 is 9.63 Å². The molecule has 0 bridgehead atoms. The van der Waals surface area contributed by atoms with Crippen molar-refractivity contribution in [3.05, 3.63) is 11.7 Å². The van der Waals surface area contributed by atoms with E-state index in [-0.39, 0.29) is 0 Å². The summed E-state index contributed by atoms with van der Waals surface area (Å²) >= 11 is 0. The summed E-state index contributed by atoms with van der Waals surface area (Å²) in [5.41, 5.74) is 0. The van der Waals surface area contributed by atoms with E-state index in [1.807, 2.05) is 0 Å². The van der Waals surface area contributed by atoms with Gasteiger partial charge in [0.2, 0.25) is 0 Å². The number of aliphatic hydroxyl groups is 1. The molecule has 0 aromatic carbocycles. The van der Waals surface area contributed by atoms with Crippen molar-refractivity contribution in [2.45, 2.75) is 39.7 Å². The van der Waals surface area contributed by atoms with Crippen LogP contribution in [0.5, 0.6) is 0 Å².